The zero-order valence-corrected chi connectivity index (χ0v) is 21.7. The minimum atomic E-state index is 0.173. The zero-order chi connectivity index (χ0) is 26.2. The molecule has 5 aromatic rings. The summed E-state index contributed by atoms with van der Waals surface area (Å²) in [4.78, 5) is 12.8. The quantitative estimate of drug-likeness (QED) is 0.241. The summed E-state index contributed by atoms with van der Waals surface area (Å²) in [6, 6.07) is 28.2. The van der Waals surface area contributed by atoms with Crippen LogP contribution in [0.4, 0.5) is 0 Å². The van der Waals surface area contributed by atoms with E-state index in [9.17, 15) is 0 Å². The Labute approximate surface area is 231 Å². The third-order valence-corrected chi connectivity index (χ3v) is 8.39. The van der Waals surface area contributed by atoms with Crippen molar-refractivity contribution < 1.29 is 0 Å². The lowest BCUT2D eigenvalue weighted by Gasteiger charge is -2.35. The number of amidine groups is 1. The van der Waals surface area contributed by atoms with Crippen molar-refractivity contribution in [3.05, 3.63) is 156 Å². The first kappa shape index (κ1) is 21.7. The second-order valence-electron chi connectivity index (χ2n) is 10.6. The SMILES string of the molecule is C1=CCC2=C3C=C4C=CC=CC4N3C(c3ccc(-c4nc5ccccc5c5cc6ccccc6n45)cc3)=NC2=C1. The summed E-state index contributed by atoms with van der Waals surface area (Å²) in [6.45, 7) is 0. The summed E-state index contributed by atoms with van der Waals surface area (Å²) >= 11 is 0. The molecule has 1 atom stereocenters. The molecule has 2 aromatic heterocycles. The molecule has 4 heteroatoms. The van der Waals surface area contributed by atoms with Crippen LogP contribution in [0.5, 0.6) is 0 Å². The van der Waals surface area contributed by atoms with Crippen molar-refractivity contribution in [2.75, 3.05) is 0 Å². The molecule has 188 valence electrons. The van der Waals surface area contributed by atoms with Crippen LogP contribution >= 0.6 is 0 Å². The minimum absolute atomic E-state index is 0.173. The van der Waals surface area contributed by atoms with Gasteiger partial charge in [0.1, 0.15) is 11.7 Å². The van der Waals surface area contributed by atoms with Crippen molar-refractivity contribution in [1.82, 2.24) is 14.3 Å². The fraction of sp³-hybridized carbons (Fsp3) is 0.0556. The standard InChI is InChI=1S/C36H24N4/c1-7-15-31-25(9-1)21-33-27-11-3-5-13-29(27)37-35(39(31)33)23-17-19-24(20-18-23)36-38-30-14-6-4-12-28(30)34-22-26-10-2-8-16-32(26)40(34)36/h1-11,13-22,32H,12H2. The number of aromatic nitrogens is 2. The van der Waals surface area contributed by atoms with E-state index in [1.54, 1.807) is 0 Å². The van der Waals surface area contributed by atoms with Crippen LogP contribution in [0.1, 0.15) is 12.0 Å². The van der Waals surface area contributed by atoms with Crippen molar-refractivity contribution in [3.8, 4) is 11.4 Å². The highest BCUT2D eigenvalue weighted by atomic mass is 15.3. The monoisotopic (exact) mass is 512 g/mol. The Morgan fingerprint density at radius 2 is 1.65 bits per heavy atom. The molecule has 0 saturated carbocycles. The number of para-hydroxylation sites is 2. The van der Waals surface area contributed by atoms with Crippen LogP contribution < -0.4 is 0 Å². The molecule has 40 heavy (non-hydrogen) atoms. The first-order valence-electron chi connectivity index (χ1n) is 13.8. The van der Waals surface area contributed by atoms with Crippen molar-refractivity contribution in [1.29, 1.82) is 0 Å². The lowest BCUT2D eigenvalue weighted by molar-refractivity contribution is 0.510. The topological polar surface area (TPSA) is 32.9 Å². The Hall–Kier alpha value is -5.22. The fourth-order valence-electron chi connectivity index (χ4n) is 6.53. The van der Waals surface area contributed by atoms with Gasteiger partial charge in [-0.25, -0.2) is 9.98 Å². The second kappa shape index (κ2) is 8.14. The lowest BCUT2D eigenvalue weighted by Crippen LogP contribution is -2.38. The summed E-state index contributed by atoms with van der Waals surface area (Å²) < 4.78 is 2.30. The van der Waals surface area contributed by atoms with Gasteiger partial charge in [0.25, 0.3) is 0 Å². The van der Waals surface area contributed by atoms with Gasteiger partial charge in [0.05, 0.1) is 28.3 Å². The largest absolute Gasteiger partial charge is 0.314 e. The van der Waals surface area contributed by atoms with E-state index in [1.165, 1.54) is 33.3 Å². The molecule has 0 radical (unpaired) electrons. The van der Waals surface area contributed by atoms with Crippen LogP contribution in [-0.2, 0) is 0 Å². The van der Waals surface area contributed by atoms with E-state index < -0.39 is 0 Å². The maximum absolute atomic E-state index is 5.22. The van der Waals surface area contributed by atoms with E-state index in [-0.39, 0.29) is 6.04 Å². The summed E-state index contributed by atoms with van der Waals surface area (Å²) in [5.41, 5.74) is 10.5. The molecule has 2 aliphatic carbocycles. The average Bonchev–Trinajstić information content (AvgIpc) is 3.60. The van der Waals surface area contributed by atoms with E-state index in [0.29, 0.717) is 0 Å². The third-order valence-electron chi connectivity index (χ3n) is 8.39. The molecule has 4 aliphatic rings. The lowest BCUT2D eigenvalue weighted by atomic mass is 9.98. The maximum Gasteiger partial charge on any atom is 0.145 e. The molecule has 4 nitrogen and oxygen atoms in total. The molecular formula is C36H24N4. The Balaban J connectivity index is 1.21. The molecule has 0 spiro atoms. The summed E-state index contributed by atoms with van der Waals surface area (Å²) in [5, 5.41) is 2.37. The molecule has 0 bridgehead atoms. The molecule has 9 rings (SSSR count). The van der Waals surface area contributed by atoms with Crippen LogP contribution in [0.25, 0.3) is 38.7 Å². The van der Waals surface area contributed by atoms with Crippen molar-refractivity contribution >= 4 is 33.2 Å². The average molecular weight is 513 g/mol. The normalized spacial score (nSPS) is 19.1. The molecule has 0 fully saturated rings. The van der Waals surface area contributed by atoms with E-state index in [0.717, 1.165) is 45.8 Å². The Kier molecular flexibility index (Phi) is 4.41. The first-order valence-corrected chi connectivity index (χ1v) is 13.8. The molecule has 0 N–H and O–H groups in total. The van der Waals surface area contributed by atoms with Gasteiger partial charge in [-0.2, -0.15) is 0 Å². The second-order valence-corrected chi connectivity index (χ2v) is 10.6. The maximum atomic E-state index is 5.22. The van der Waals surface area contributed by atoms with Gasteiger partial charge in [-0.1, -0.05) is 97.1 Å². The number of nitrogens with zero attached hydrogens (tertiary/aromatic N) is 4. The highest BCUT2D eigenvalue weighted by molar-refractivity contribution is 6.05. The smallest absolute Gasteiger partial charge is 0.145 e. The molecule has 3 aromatic carbocycles. The predicted octanol–water partition coefficient (Wildman–Crippen LogP) is 7.90. The molecule has 0 amide bonds. The van der Waals surface area contributed by atoms with Crippen LogP contribution in [0, 0.1) is 0 Å². The number of rotatable bonds is 2. The van der Waals surface area contributed by atoms with Crippen LogP contribution in [0.3, 0.4) is 0 Å². The van der Waals surface area contributed by atoms with Gasteiger partial charge >= 0.3 is 0 Å². The van der Waals surface area contributed by atoms with Gasteiger partial charge in [0.15, 0.2) is 0 Å². The Bertz CT molecular complexity index is 2130. The van der Waals surface area contributed by atoms with Crippen molar-refractivity contribution in [2.45, 2.75) is 12.5 Å². The number of hydrogen-bond donors (Lipinski definition) is 0. The minimum Gasteiger partial charge on any atom is -0.314 e. The van der Waals surface area contributed by atoms with E-state index in [1.807, 2.05) is 0 Å². The summed E-state index contributed by atoms with van der Waals surface area (Å²) in [6.07, 6.45) is 18.5. The predicted molar refractivity (Wildman–Crippen MR) is 163 cm³/mol. The van der Waals surface area contributed by atoms with E-state index in [4.69, 9.17) is 9.98 Å². The van der Waals surface area contributed by atoms with E-state index >= 15 is 0 Å². The highest BCUT2D eigenvalue weighted by Crippen LogP contribution is 2.41. The van der Waals surface area contributed by atoms with Gasteiger partial charge in [0, 0.05) is 33.2 Å². The van der Waals surface area contributed by atoms with Crippen LogP contribution in [0.2, 0.25) is 0 Å². The van der Waals surface area contributed by atoms with Crippen molar-refractivity contribution in [2.24, 2.45) is 4.99 Å². The molecule has 0 saturated heterocycles. The zero-order valence-electron chi connectivity index (χ0n) is 21.7. The van der Waals surface area contributed by atoms with Crippen molar-refractivity contribution in [3.63, 3.8) is 0 Å². The highest BCUT2D eigenvalue weighted by Gasteiger charge is 2.37. The van der Waals surface area contributed by atoms with Gasteiger partial charge in [-0.3, -0.25) is 4.40 Å². The number of allylic oxidation sites excluding steroid dienone is 7. The Morgan fingerprint density at radius 1 is 0.800 bits per heavy atom. The Morgan fingerprint density at radius 3 is 2.60 bits per heavy atom. The van der Waals surface area contributed by atoms with Gasteiger partial charge in [0.2, 0.25) is 0 Å². The van der Waals surface area contributed by atoms with E-state index in [2.05, 4.69) is 137 Å². The summed E-state index contributed by atoms with van der Waals surface area (Å²) in [7, 11) is 0. The number of benzene rings is 3. The number of aliphatic imine (C=N–C) groups is 1. The number of fused-ring (bicyclic) bond motifs is 9. The summed E-state index contributed by atoms with van der Waals surface area (Å²) in [5.74, 6) is 1.94. The first-order chi connectivity index (χ1) is 19.8. The van der Waals surface area contributed by atoms with Gasteiger partial charge in [-0.05, 0) is 42.3 Å². The molecule has 4 heterocycles. The molecule has 2 aliphatic heterocycles. The van der Waals surface area contributed by atoms with Crippen LogP contribution in [-0.4, -0.2) is 26.2 Å². The molecular weight excluding hydrogens is 488 g/mol. The molecule has 1 unspecified atom stereocenters. The third kappa shape index (κ3) is 3.02. The van der Waals surface area contributed by atoms with Gasteiger partial charge < -0.3 is 4.90 Å². The van der Waals surface area contributed by atoms with Gasteiger partial charge in [-0.15, -0.1) is 0 Å². The fourth-order valence-corrected chi connectivity index (χ4v) is 6.53. The number of hydrogen-bond acceptors (Lipinski definition) is 3. The van der Waals surface area contributed by atoms with Crippen LogP contribution in [0.15, 0.2) is 155 Å².